The molecule has 4 heterocycles. The lowest BCUT2D eigenvalue weighted by Gasteiger charge is -2.09. The van der Waals surface area contributed by atoms with E-state index in [9.17, 15) is 4.79 Å². The molecule has 1 fully saturated rings. The molecule has 1 amide bonds. The van der Waals surface area contributed by atoms with Crippen LogP contribution in [0.5, 0.6) is 10.8 Å². The predicted molar refractivity (Wildman–Crippen MR) is 127 cm³/mol. The van der Waals surface area contributed by atoms with Gasteiger partial charge in [-0.1, -0.05) is 17.4 Å². The SMILES string of the molecule is CNC(=O)c1ccnc(Nc2cc(Oc3sc(C4CC4)nc3-c3cccc(C)n3)ccn2)c1. The average molecular weight is 459 g/mol. The number of hydrogen-bond acceptors (Lipinski definition) is 8. The van der Waals surface area contributed by atoms with Gasteiger partial charge in [0.15, 0.2) is 0 Å². The summed E-state index contributed by atoms with van der Waals surface area (Å²) < 4.78 is 6.27. The van der Waals surface area contributed by atoms with Crippen molar-refractivity contribution in [3.63, 3.8) is 0 Å². The Bertz CT molecular complexity index is 1320. The van der Waals surface area contributed by atoms with Gasteiger partial charge >= 0.3 is 0 Å². The molecule has 1 aliphatic carbocycles. The summed E-state index contributed by atoms with van der Waals surface area (Å²) in [4.78, 5) is 30.0. The fraction of sp³-hybridized carbons (Fsp3) is 0.208. The molecular formula is C24H22N6O2S. The van der Waals surface area contributed by atoms with Gasteiger partial charge in [0.25, 0.3) is 5.91 Å². The van der Waals surface area contributed by atoms with Gasteiger partial charge in [-0.25, -0.2) is 15.0 Å². The molecule has 9 heteroatoms. The first-order chi connectivity index (χ1) is 16.1. The van der Waals surface area contributed by atoms with Gasteiger partial charge in [0, 0.05) is 42.7 Å². The number of ether oxygens (including phenoxy) is 1. The number of thiazole rings is 1. The number of hydrogen-bond donors (Lipinski definition) is 2. The predicted octanol–water partition coefficient (Wildman–Crippen LogP) is 5.08. The summed E-state index contributed by atoms with van der Waals surface area (Å²) >= 11 is 1.57. The molecule has 1 saturated carbocycles. The smallest absolute Gasteiger partial charge is 0.251 e. The van der Waals surface area contributed by atoms with Crippen LogP contribution in [0.1, 0.15) is 39.8 Å². The van der Waals surface area contributed by atoms with Crippen molar-refractivity contribution in [3.8, 4) is 22.2 Å². The normalized spacial score (nSPS) is 12.9. The maximum absolute atomic E-state index is 11.9. The molecule has 8 nitrogen and oxygen atoms in total. The second-order valence-corrected chi connectivity index (χ2v) is 8.73. The van der Waals surface area contributed by atoms with Gasteiger partial charge < -0.3 is 15.4 Å². The van der Waals surface area contributed by atoms with Crippen LogP contribution in [0.3, 0.4) is 0 Å². The third-order valence-electron chi connectivity index (χ3n) is 5.12. The fourth-order valence-electron chi connectivity index (χ4n) is 3.30. The molecule has 0 aromatic carbocycles. The van der Waals surface area contributed by atoms with Crippen molar-refractivity contribution in [2.75, 3.05) is 12.4 Å². The minimum Gasteiger partial charge on any atom is -0.444 e. The summed E-state index contributed by atoms with van der Waals surface area (Å²) in [6, 6.07) is 12.8. The molecule has 2 N–H and O–H groups in total. The van der Waals surface area contributed by atoms with E-state index in [4.69, 9.17) is 9.72 Å². The summed E-state index contributed by atoms with van der Waals surface area (Å²) in [7, 11) is 1.59. The summed E-state index contributed by atoms with van der Waals surface area (Å²) in [5.41, 5.74) is 3.00. The molecule has 0 atom stereocenters. The molecule has 0 aliphatic heterocycles. The first kappa shape index (κ1) is 21.0. The van der Waals surface area contributed by atoms with Crippen LogP contribution in [0.2, 0.25) is 0 Å². The van der Waals surface area contributed by atoms with E-state index >= 15 is 0 Å². The number of amides is 1. The van der Waals surface area contributed by atoms with Crippen LogP contribution < -0.4 is 15.4 Å². The molecule has 0 saturated heterocycles. The van der Waals surface area contributed by atoms with E-state index in [-0.39, 0.29) is 5.91 Å². The Morgan fingerprint density at radius 1 is 1.06 bits per heavy atom. The molecule has 1 aliphatic rings. The van der Waals surface area contributed by atoms with Crippen LogP contribution in [0.4, 0.5) is 11.6 Å². The Morgan fingerprint density at radius 3 is 2.61 bits per heavy atom. The van der Waals surface area contributed by atoms with Gasteiger partial charge in [0.2, 0.25) is 5.06 Å². The number of rotatable bonds is 7. The molecule has 0 spiro atoms. The highest BCUT2D eigenvalue weighted by Crippen LogP contribution is 2.47. The lowest BCUT2D eigenvalue weighted by atomic mass is 10.2. The van der Waals surface area contributed by atoms with Crippen LogP contribution in [0, 0.1) is 6.92 Å². The lowest BCUT2D eigenvalue weighted by Crippen LogP contribution is -2.17. The first-order valence-corrected chi connectivity index (χ1v) is 11.4. The number of aryl methyl sites for hydroxylation is 1. The number of anilines is 2. The molecule has 33 heavy (non-hydrogen) atoms. The van der Waals surface area contributed by atoms with Gasteiger partial charge in [-0.2, -0.15) is 0 Å². The summed E-state index contributed by atoms with van der Waals surface area (Å²) in [6.07, 6.45) is 5.57. The van der Waals surface area contributed by atoms with Crippen LogP contribution in [-0.4, -0.2) is 32.9 Å². The number of carbonyl (C=O) groups excluding carboxylic acids is 1. The van der Waals surface area contributed by atoms with E-state index in [1.807, 2.05) is 25.1 Å². The highest BCUT2D eigenvalue weighted by molar-refractivity contribution is 7.14. The van der Waals surface area contributed by atoms with Gasteiger partial charge in [0.05, 0.1) is 5.69 Å². The number of pyridine rings is 3. The zero-order valence-corrected chi connectivity index (χ0v) is 19.0. The van der Waals surface area contributed by atoms with Crippen molar-refractivity contribution < 1.29 is 9.53 Å². The van der Waals surface area contributed by atoms with Crippen LogP contribution in [-0.2, 0) is 0 Å². The highest BCUT2D eigenvalue weighted by atomic mass is 32.1. The molecule has 4 aromatic rings. The second-order valence-electron chi connectivity index (χ2n) is 7.74. The Hall–Kier alpha value is -3.85. The van der Waals surface area contributed by atoms with Crippen molar-refractivity contribution >= 4 is 28.9 Å². The average Bonchev–Trinajstić information content (AvgIpc) is 3.59. The maximum Gasteiger partial charge on any atom is 0.251 e. The largest absolute Gasteiger partial charge is 0.444 e. The summed E-state index contributed by atoms with van der Waals surface area (Å²) in [5.74, 6) is 2.02. The highest BCUT2D eigenvalue weighted by Gasteiger charge is 2.29. The van der Waals surface area contributed by atoms with Crippen molar-refractivity contribution in [3.05, 3.63) is 71.1 Å². The van der Waals surface area contributed by atoms with E-state index in [2.05, 4.69) is 25.6 Å². The van der Waals surface area contributed by atoms with Gasteiger partial charge in [0.1, 0.15) is 28.1 Å². The standard InChI is InChI=1S/C24H22N6O2S/c1-14-4-3-5-18(28-14)21-24(33-23(30-21)15-6-7-15)32-17-9-11-27-20(13-17)29-19-12-16(8-10-26-19)22(31)25-2/h3-5,8-13,15H,6-7H2,1-2H3,(H,25,31)(H,26,27,29). The quantitative estimate of drug-likeness (QED) is 0.398. The molecule has 0 radical (unpaired) electrons. The van der Waals surface area contributed by atoms with E-state index in [1.165, 1.54) is 12.8 Å². The summed E-state index contributed by atoms with van der Waals surface area (Å²) in [5, 5.41) is 7.54. The second kappa shape index (κ2) is 8.95. The zero-order chi connectivity index (χ0) is 22.8. The Morgan fingerprint density at radius 2 is 1.85 bits per heavy atom. The molecule has 5 rings (SSSR count). The van der Waals surface area contributed by atoms with Gasteiger partial charge in [-0.3, -0.25) is 9.78 Å². The van der Waals surface area contributed by atoms with E-state index < -0.39 is 0 Å². The van der Waals surface area contributed by atoms with Crippen LogP contribution in [0.25, 0.3) is 11.4 Å². The Kier molecular flexibility index (Phi) is 5.70. The van der Waals surface area contributed by atoms with Gasteiger partial charge in [-0.05, 0) is 50.1 Å². The van der Waals surface area contributed by atoms with Gasteiger partial charge in [-0.15, -0.1) is 0 Å². The van der Waals surface area contributed by atoms with E-state index in [0.29, 0.717) is 33.9 Å². The van der Waals surface area contributed by atoms with Crippen molar-refractivity contribution in [1.29, 1.82) is 0 Å². The maximum atomic E-state index is 11.9. The third kappa shape index (κ3) is 4.83. The fourth-order valence-corrected chi connectivity index (χ4v) is 4.41. The Balaban J connectivity index is 1.41. The lowest BCUT2D eigenvalue weighted by molar-refractivity contribution is 0.0963. The molecule has 0 bridgehead atoms. The molecule has 0 unspecified atom stereocenters. The van der Waals surface area contributed by atoms with Crippen molar-refractivity contribution in [2.24, 2.45) is 0 Å². The molecular weight excluding hydrogens is 436 g/mol. The third-order valence-corrected chi connectivity index (χ3v) is 6.21. The monoisotopic (exact) mass is 458 g/mol. The number of aromatic nitrogens is 4. The van der Waals surface area contributed by atoms with E-state index in [1.54, 1.807) is 55.0 Å². The van der Waals surface area contributed by atoms with Crippen LogP contribution in [0.15, 0.2) is 54.9 Å². The van der Waals surface area contributed by atoms with Crippen molar-refractivity contribution in [1.82, 2.24) is 25.3 Å². The minimum absolute atomic E-state index is 0.181. The zero-order valence-electron chi connectivity index (χ0n) is 18.2. The Labute approximate surface area is 195 Å². The molecule has 4 aromatic heterocycles. The number of carbonyl (C=O) groups is 1. The topological polar surface area (TPSA) is 102 Å². The molecule has 166 valence electrons. The first-order valence-electron chi connectivity index (χ1n) is 10.6. The van der Waals surface area contributed by atoms with E-state index in [0.717, 1.165) is 22.1 Å². The minimum atomic E-state index is -0.181. The summed E-state index contributed by atoms with van der Waals surface area (Å²) in [6.45, 7) is 1.96. The number of nitrogens with one attached hydrogen (secondary N) is 2. The van der Waals surface area contributed by atoms with Crippen LogP contribution >= 0.6 is 11.3 Å². The number of nitrogens with zero attached hydrogens (tertiary/aromatic N) is 4. The van der Waals surface area contributed by atoms with Crippen molar-refractivity contribution in [2.45, 2.75) is 25.7 Å².